The Morgan fingerprint density at radius 2 is 2.20 bits per heavy atom. The molecule has 25 heavy (non-hydrogen) atoms. The van der Waals surface area contributed by atoms with Crippen LogP contribution in [0, 0.1) is 5.82 Å². The summed E-state index contributed by atoms with van der Waals surface area (Å²) in [6.45, 7) is 1.84. The third-order valence-corrected chi connectivity index (χ3v) is 4.22. The van der Waals surface area contributed by atoms with Crippen molar-refractivity contribution in [3.05, 3.63) is 65.7 Å². The summed E-state index contributed by atoms with van der Waals surface area (Å²) in [5.74, 6) is -0.319. The number of benzene rings is 1. The van der Waals surface area contributed by atoms with Crippen molar-refractivity contribution in [3.8, 4) is 0 Å². The Labute approximate surface area is 146 Å². The number of hydrogen-bond donors (Lipinski definition) is 1. The Kier molecular flexibility index (Phi) is 5.95. The van der Waals surface area contributed by atoms with Crippen LogP contribution in [0.3, 0.4) is 0 Å². The summed E-state index contributed by atoms with van der Waals surface area (Å²) in [7, 11) is 0. The molecule has 0 radical (unpaired) electrons. The van der Waals surface area contributed by atoms with Gasteiger partial charge in [-0.3, -0.25) is 4.98 Å². The van der Waals surface area contributed by atoms with E-state index in [9.17, 15) is 9.18 Å². The molecule has 2 heterocycles. The van der Waals surface area contributed by atoms with E-state index in [1.165, 1.54) is 6.07 Å². The lowest BCUT2D eigenvalue weighted by Gasteiger charge is -2.26. The molecule has 5 nitrogen and oxygen atoms in total. The Morgan fingerprint density at radius 1 is 1.32 bits per heavy atom. The van der Waals surface area contributed by atoms with Gasteiger partial charge in [0.05, 0.1) is 6.10 Å². The van der Waals surface area contributed by atoms with Gasteiger partial charge in [-0.25, -0.2) is 9.18 Å². The minimum Gasteiger partial charge on any atom is -0.376 e. The fraction of sp³-hybridized carbons (Fsp3) is 0.368. The first-order valence-electron chi connectivity index (χ1n) is 8.49. The molecule has 1 aliphatic rings. The molecule has 0 bridgehead atoms. The molecular formula is C19H22FN3O2. The van der Waals surface area contributed by atoms with Gasteiger partial charge in [-0.05, 0) is 30.5 Å². The highest BCUT2D eigenvalue weighted by Gasteiger charge is 2.23. The number of rotatable bonds is 6. The predicted molar refractivity (Wildman–Crippen MR) is 92.3 cm³/mol. The smallest absolute Gasteiger partial charge is 0.318 e. The Bertz CT molecular complexity index is 690. The molecule has 132 valence electrons. The lowest BCUT2D eigenvalue weighted by molar-refractivity contribution is 0.0794. The maximum absolute atomic E-state index is 13.7. The molecule has 2 amide bonds. The highest BCUT2D eigenvalue weighted by Crippen LogP contribution is 2.15. The zero-order valence-corrected chi connectivity index (χ0v) is 14.0. The van der Waals surface area contributed by atoms with Crippen LogP contribution in [0.2, 0.25) is 0 Å². The van der Waals surface area contributed by atoms with E-state index >= 15 is 0 Å². The van der Waals surface area contributed by atoms with E-state index in [0.29, 0.717) is 18.7 Å². The second-order valence-corrected chi connectivity index (χ2v) is 6.13. The molecular weight excluding hydrogens is 321 g/mol. The van der Waals surface area contributed by atoms with Crippen molar-refractivity contribution in [2.45, 2.75) is 32.0 Å². The maximum Gasteiger partial charge on any atom is 0.318 e. The van der Waals surface area contributed by atoms with Gasteiger partial charge in [-0.1, -0.05) is 24.3 Å². The monoisotopic (exact) mass is 343 g/mol. The van der Waals surface area contributed by atoms with Crippen LogP contribution in [-0.4, -0.2) is 35.2 Å². The minimum atomic E-state index is -0.319. The highest BCUT2D eigenvalue weighted by molar-refractivity contribution is 5.74. The van der Waals surface area contributed by atoms with Crippen molar-refractivity contribution in [1.82, 2.24) is 15.2 Å². The predicted octanol–water partition coefficient (Wildman–Crippen LogP) is 3.11. The quantitative estimate of drug-likeness (QED) is 0.877. The molecule has 6 heteroatoms. The van der Waals surface area contributed by atoms with Crippen LogP contribution in [0.5, 0.6) is 0 Å². The number of hydrogen-bond acceptors (Lipinski definition) is 3. The summed E-state index contributed by atoms with van der Waals surface area (Å²) in [6, 6.07) is 9.98. The molecule has 3 rings (SSSR count). The first-order valence-corrected chi connectivity index (χ1v) is 8.49. The van der Waals surface area contributed by atoms with Crippen molar-refractivity contribution in [1.29, 1.82) is 0 Å². The SMILES string of the molecule is O=C(NCc1ccccc1F)N(Cc1cccnc1)C[C@H]1CCCO1. The van der Waals surface area contributed by atoms with Crippen LogP contribution < -0.4 is 5.32 Å². The van der Waals surface area contributed by atoms with E-state index < -0.39 is 0 Å². The normalized spacial score (nSPS) is 16.6. The number of nitrogens with zero attached hydrogens (tertiary/aromatic N) is 2. The summed E-state index contributed by atoms with van der Waals surface area (Å²) in [4.78, 5) is 18.4. The van der Waals surface area contributed by atoms with Crippen molar-refractivity contribution in [3.63, 3.8) is 0 Å². The van der Waals surface area contributed by atoms with E-state index in [1.807, 2.05) is 12.1 Å². The third-order valence-electron chi connectivity index (χ3n) is 4.22. The highest BCUT2D eigenvalue weighted by atomic mass is 19.1. The van der Waals surface area contributed by atoms with Crippen molar-refractivity contribution in [2.75, 3.05) is 13.2 Å². The van der Waals surface area contributed by atoms with Crippen LogP contribution in [-0.2, 0) is 17.8 Å². The van der Waals surface area contributed by atoms with E-state index in [2.05, 4.69) is 10.3 Å². The standard InChI is InChI=1S/C19H22FN3O2/c20-18-8-2-1-6-16(18)12-22-19(24)23(14-17-7-4-10-25-17)13-15-5-3-9-21-11-15/h1-3,5-6,8-9,11,17H,4,7,10,12-14H2,(H,22,24)/t17-/m1/s1. The van der Waals surface area contributed by atoms with Crippen molar-refractivity contribution < 1.29 is 13.9 Å². The van der Waals surface area contributed by atoms with Crippen molar-refractivity contribution >= 4 is 6.03 Å². The lowest BCUT2D eigenvalue weighted by atomic mass is 10.2. The van der Waals surface area contributed by atoms with E-state index in [-0.39, 0.29) is 24.5 Å². The fourth-order valence-corrected chi connectivity index (χ4v) is 2.89. The summed E-state index contributed by atoms with van der Waals surface area (Å²) in [6.07, 6.45) is 5.46. The van der Waals surface area contributed by atoms with Crippen LogP contribution >= 0.6 is 0 Å². The molecule has 2 aromatic rings. The molecule has 1 fully saturated rings. The minimum absolute atomic E-state index is 0.0517. The van der Waals surface area contributed by atoms with Gasteiger partial charge in [-0.15, -0.1) is 0 Å². The number of nitrogens with one attached hydrogen (secondary N) is 1. The van der Waals surface area contributed by atoms with E-state index in [4.69, 9.17) is 4.74 Å². The lowest BCUT2D eigenvalue weighted by Crippen LogP contribution is -2.43. The number of halogens is 1. The number of carbonyl (C=O) groups excluding carboxylic acids is 1. The van der Waals surface area contributed by atoms with Gasteiger partial charge < -0.3 is 15.0 Å². The Balaban J connectivity index is 1.64. The fourth-order valence-electron chi connectivity index (χ4n) is 2.89. The largest absolute Gasteiger partial charge is 0.376 e. The number of urea groups is 1. The number of aromatic nitrogens is 1. The summed E-state index contributed by atoms with van der Waals surface area (Å²) < 4.78 is 19.4. The summed E-state index contributed by atoms with van der Waals surface area (Å²) in [5.41, 5.74) is 1.41. The molecule has 1 N–H and O–H groups in total. The van der Waals surface area contributed by atoms with Gasteiger partial charge in [0.1, 0.15) is 5.82 Å². The van der Waals surface area contributed by atoms with Crippen LogP contribution in [0.1, 0.15) is 24.0 Å². The topological polar surface area (TPSA) is 54.5 Å². The molecule has 1 aliphatic heterocycles. The molecule has 0 spiro atoms. The number of ether oxygens (including phenoxy) is 1. The van der Waals surface area contributed by atoms with Crippen molar-refractivity contribution in [2.24, 2.45) is 0 Å². The average Bonchev–Trinajstić information content (AvgIpc) is 3.14. The second kappa shape index (κ2) is 8.58. The average molecular weight is 343 g/mol. The third kappa shape index (κ3) is 5.00. The molecule has 1 aromatic heterocycles. The molecule has 0 aliphatic carbocycles. The van der Waals surface area contributed by atoms with E-state index in [1.54, 1.807) is 35.5 Å². The van der Waals surface area contributed by atoms with Gasteiger partial charge in [0.25, 0.3) is 0 Å². The summed E-state index contributed by atoms with van der Waals surface area (Å²) in [5, 5.41) is 2.81. The van der Waals surface area contributed by atoms with Gasteiger partial charge in [0, 0.05) is 44.2 Å². The number of pyridine rings is 1. The maximum atomic E-state index is 13.7. The van der Waals surface area contributed by atoms with Gasteiger partial charge in [0.2, 0.25) is 0 Å². The van der Waals surface area contributed by atoms with Crippen LogP contribution in [0.4, 0.5) is 9.18 Å². The van der Waals surface area contributed by atoms with Crippen LogP contribution in [0.15, 0.2) is 48.8 Å². The Morgan fingerprint density at radius 3 is 2.92 bits per heavy atom. The zero-order valence-electron chi connectivity index (χ0n) is 14.0. The number of amides is 2. The summed E-state index contributed by atoms with van der Waals surface area (Å²) >= 11 is 0. The van der Waals surface area contributed by atoms with E-state index in [0.717, 1.165) is 25.0 Å². The number of carbonyl (C=O) groups is 1. The molecule has 1 aromatic carbocycles. The first-order chi connectivity index (χ1) is 12.2. The molecule has 0 unspecified atom stereocenters. The molecule has 1 saturated heterocycles. The van der Waals surface area contributed by atoms with Gasteiger partial charge in [-0.2, -0.15) is 0 Å². The molecule has 1 atom stereocenters. The second-order valence-electron chi connectivity index (χ2n) is 6.13. The zero-order chi connectivity index (χ0) is 17.5. The molecule has 0 saturated carbocycles. The Hall–Kier alpha value is -2.47. The first kappa shape index (κ1) is 17.4. The van der Waals surface area contributed by atoms with Gasteiger partial charge >= 0.3 is 6.03 Å². The van der Waals surface area contributed by atoms with Crippen LogP contribution in [0.25, 0.3) is 0 Å². The van der Waals surface area contributed by atoms with Gasteiger partial charge in [0.15, 0.2) is 0 Å².